The van der Waals surface area contributed by atoms with E-state index in [4.69, 9.17) is 4.74 Å². The van der Waals surface area contributed by atoms with Crippen molar-refractivity contribution < 1.29 is 4.74 Å². The Bertz CT molecular complexity index is 301. The molecule has 0 heterocycles. The smallest absolute Gasteiger partial charge is 0.0657 e. The molecule has 78 valence electrons. The van der Waals surface area contributed by atoms with E-state index in [1.165, 1.54) is 11.1 Å². The molecule has 0 spiro atoms. The molecule has 0 aliphatic rings. The molecule has 0 fully saturated rings. The van der Waals surface area contributed by atoms with E-state index in [1.807, 2.05) is 7.05 Å². The monoisotopic (exact) mass is 257 g/mol. The average molecular weight is 258 g/mol. The summed E-state index contributed by atoms with van der Waals surface area (Å²) in [6.07, 6.45) is 0. The molecule has 2 nitrogen and oxygen atoms in total. The van der Waals surface area contributed by atoms with Crippen LogP contribution in [0.1, 0.15) is 17.2 Å². The minimum absolute atomic E-state index is 0.271. The Hall–Kier alpha value is -0.380. The fourth-order valence-corrected chi connectivity index (χ4v) is 2.00. The standard InChI is InChI=1S/C11H16BrNO/c1-8-6-9(12)4-5-10(8)11(13-2)7-14-3/h4-6,11,13H,7H2,1-3H3. The largest absolute Gasteiger partial charge is 0.383 e. The van der Waals surface area contributed by atoms with Gasteiger partial charge in [0, 0.05) is 11.6 Å². The van der Waals surface area contributed by atoms with E-state index in [9.17, 15) is 0 Å². The summed E-state index contributed by atoms with van der Waals surface area (Å²) in [5.41, 5.74) is 2.56. The molecular weight excluding hydrogens is 242 g/mol. The molecule has 1 N–H and O–H groups in total. The van der Waals surface area contributed by atoms with Crippen LogP contribution in [-0.4, -0.2) is 20.8 Å². The highest BCUT2D eigenvalue weighted by Gasteiger charge is 2.10. The van der Waals surface area contributed by atoms with Crippen LogP contribution in [0.4, 0.5) is 0 Å². The van der Waals surface area contributed by atoms with Crippen molar-refractivity contribution in [2.45, 2.75) is 13.0 Å². The Morgan fingerprint density at radius 3 is 2.71 bits per heavy atom. The number of hydrogen-bond acceptors (Lipinski definition) is 2. The van der Waals surface area contributed by atoms with E-state index in [2.05, 4.69) is 46.4 Å². The number of benzene rings is 1. The van der Waals surface area contributed by atoms with Crippen LogP contribution in [0, 0.1) is 6.92 Å². The molecule has 3 heteroatoms. The second-order valence-electron chi connectivity index (χ2n) is 3.30. The third kappa shape index (κ3) is 2.80. The van der Waals surface area contributed by atoms with Gasteiger partial charge < -0.3 is 10.1 Å². The number of methoxy groups -OCH3 is 1. The van der Waals surface area contributed by atoms with Crippen LogP contribution in [0.2, 0.25) is 0 Å². The molecule has 1 rings (SSSR count). The maximum absolute atomic E-state index is 5.16. The molecule has 1 aromatic rings. The maximum atomic E-state index is 5.16. The van der Waals surface area contributed by atoms with E-state index in [1.54, 1.807) is 7.11 Å². The number of ether oxygens (including phenoxy) is 1. The van der Waals surface area contributed by atoms with Gasteiger partial charge in [0.05, 0.1) is 12.6 Å². The Kier molecular flexibility index (Phi) is 4.58. The Morgan fingerprint density at radius 2 is 2.21 bits per heavy atom. The van der Waals surface area contributed by atoms with Crippen molar-refractivity contribution in [2.24, 2.45) is 0 Å². The van der Waals surface area contributed by atoms with Crippen LogP contribution in [0.25, 0.3) is 0 Å². The molecule has 0 aliphatic carbocycles. The maximum Gasteiger partial charge on any atom is 0.0657 e. The van der Waals surface area contributed by atoms with E-state index < -0.39 is 0 Å². The van der Waals surface area contributed by atoms with Gasteiger partial charge in [-0.25, -0.2) is 0 Å². The summed E-state index contributed by atoms with van der Waals surface area (Å²) in [6, 6.07) is 6.57. The van der Waals surface area contributed by atoms with Gasteiger partial charge in [-0.15, -0.1) is 0 Å². The summed E-state index contributed by atoms with van der Waals surface area (Å²) in [5.74, 6) is 0. The lowest BCUT2D eigenvalue weighted by atomic mass is 10.0. The lowest BCUT2D eigenvalue weighted by Gasteiger charge is -2.18. The topological polar surface area (TPSA) is 21.3 Å². The molecule has 0 saturated heterocycles. The quantitative estimate of drug-likeness (QED) is 0.896. The van der Waals surface area contributed by atoms with Gasteiger partial charge in [-0.1, -0.05) is 22.0 Å². The fraction of sp³-hybridized carbons (Fsp3) is 0.455. The molecule has 14 heavy (non-hydrogen) atoms. The second kappa shape index (κ2) is 5.49. The molecule has 0 aromatic heterocycles. The van der Waals surface area contributed by atoms with Crippen LogP contribution in [0.15, 0.2) is 22.7 Å². The zero-order chi connectivity index (χ0) is 10.6. The van der Waals surface area contributed by atoms with Crippen molar-refractivity contribution in [3.05, 3.63) is 33.8 Å². The van der Waals surface area contributed by atoms with Gasteiger partial charge in [-0.2, -0.15) is 0 Å². The van der Waals surface area contributed by atoms with Crippen molar-refractivity contribution in [3.63, 3.8) is 0 Å². The number of rotatable bonds is 4. The zero-order valence-electron chi connectivity index (χ0n) is 8.80. The molecule has 1 atom stereocenters. The van der Waals surface area contributed by atoms with Crippen molar-refractivity contribution in [1.29, 1.82) is 0 Å². The first-order chi connectivity index (χ1) is 6.69. The van der Waals surface area contributed by atoms with Gasteiger partial charge in [0.25, 0.3) is 0 Å². The SMILES string of the molecule is CNC(COC)c1ccc(Br)cc1C. The first-order valence-electron chi connectivity index (χ1n) is 4.61. The summed E-state index contributed by atoms with van der Waals surface area (Å²) in [7, 11) is 3.67. The van der Waals surface area contributed by atoms with Crippen LogP contribution >= 0.6 is 15.9 Å². The summed E-state index contributed by atoms with van der Waals surface area (Å²) in [4.78, 5) is 0. The molecule has 0 aliphatic heterocycles. The zero-order valence-corrected chi connectivity index (χ0v) is 10.4. The second-order valence-corrected chi connectivity index (χ2v) is 4.21. The van der Waals surface area contributed by atoms with Crippen molar-refractivity contribution >= 4 is 15.9 Å². The van der Waals surface area contributed by atoms with E-state index in [-0.39, 0.29) is 6.04 Å². The van der Waals surface area contributed by atoms with Gasteiger partial charge in [0.15, 0.2) is 0 Å². The predicted octanol–water partition coefficient (Wildman–Crippen LogP) is 2.66. The lowest BCUT2D eigenvalue weighted by Crippen LogP contribution is -2.21. The normalized spacial score (nSPS) is 12.9. The minimum Gasteiger partial charge on any atom is -0.383 e. The Balaban J connectivity index is 2.92. The number of likely N-dealkylation sites (N-methyl/N-ethyl adjacent to an activating group) is 1. The molecule has 0 radical (unpaired) electrons. The van der Waals surface area contributed by atoms with Gasteiger partial charge in [-0.3, -0.25) is 0 Å². The van der Waals surface area contributed by atoms with Crippen LogP contribution in [-0.2, 0) is 4.74 Å². The highest BCUT2D eigenvalue weighted by molar-refractivity contribution is 9.10. The number of nitrogens with one attached hydrogen (secondary N) is 1. The first kappa shape index (κ1) is 11.7. The third-order valence-corrected chi connectivity index (χ3v) is 2.78. The molecule has 1 aromatic carbocycles. The Labute approximate surface area is 93.8 Å². The highest BCUT2D eigenvalue weighted by atomic mass is 79.9. The van der Waals surface area contributed by atoms with E-state index in [0.717, 1.165) is 4.47 Å². The van der Waals surface area contributed by atoms with E-state index in [0.29, 0.717) is 6.61 Å². The molecule has 0 amide bonds. The summed E-state index contributed by atoms with van der Waals surface area (Å²) in [5, 5.41) is 3.24. The molecule has 0 bridgehead atoms. The highest BCUT2D eigenvalue weighted by Crippen LogP contribution is 2.21. The number of hydrogen-bond donors (Lipinski definition) is 1. The molecular formula is C11H16BrNO. The predicted molar refractivity (Wildman–Crippen MR) is 62.6 cm³/mol. The first-order valence-corrected chi connectivity index (χ1v) is 5.40. The lowest BCUT2D eigenvalue weighted by molar-refractivity contribution is 0.170. The van der Waals surface area contributed by atoms with Crippen LogP contribution < -0.4 is 5.32 Å². The number of halogens is 1. The summed E-state index contributed by atoms with van der Waals surface area (Å²) < 4.78 is 6.28. The van der Waals surface area contributed by atoms with Gasteiger partial charge in [0.2, 0.25) is 0 Å². The summed E-state index contributed by atoms with van der Waals surface area (Å²) >= 11 is 3.45. The van der Waals surface area contributed by atoms with Gasteiger partial charge >= 0.3 is 0 Å². The summed E-state index contributed by atoms with van der Waals surface area (Å²) in [6.45, 7) is 2.80. The van der Waals surface area contributed by atoms with Crippen molar-refractivity contribution in [1.82, 2.24) is 5.32 Å². The van der Waals surface area contributed by atoms with Crippen LogP contribution in [0.3, 0.4) is 0 Å². The molecule has 1 unspecified atom stereocenters. The van der Waals surface area contributed by atoms with Crippen LogP contribution in [0.5, 0.6) is 0 Å². The number of aryl methyl sites for hydroxylation is 1. The van der Waals surface area contributed by atoms with Gasteiger partial charge in [-0.05, 0) is 37.2 Å². The van der Waals surface area contributed by atoms with Crippen molar-refractivity contribution in [2.75, 3.05) is 20.8 Å². The fourth-order valence-electron chi connectivity index (χ4n) is 1.53. The Morgan fingerprint density at radius 1 is 1.50 bits per heavy atom. The van der Waals surface area contributed by atoms with E-state index >= 15 is 0 Å². The van der Waals surface area contributed by atoms with Crippen molar-refractivity contribution in [3.8, 4) is 0 Å². The molecule has 0 saturated carbocycles. The average Bonchev–Trinajstić information content (AvgIpc) is 2.15. The third-order valence-electron chi connectivity index (χ3n) is 2.29. The minimum atomic E-state index is 0.271. The van der Waals surface area contributed by atoms with Gasteiger partial charge in [0.1, 0.15) is 0 Å².